The normalized spacial score (nSPS) is 27.0. The Morgan fingerprint density at radius 3 is 2.89 bits per heavy atom. The van der Waals surface area contributed by atoms with E-state index in [-0.39, 0.29) is 17.7 Å². The summed E-state index contributed by atoms with van der Waals surface area (Å²) in [6.45, 7) is 4.68. The number of methoxy groups -OCH3 is 2. The van der Waals surface area contributed by atoms with Gasteiger partial charge in [0.2, 0.25) is 6.29 Å². The third kappa shape index (κ3) is 3.65. The lowest BCUT2D eigenvalue weighted by Gasteiger charge is -2.35. The third-order valence-electron chi connectivity index (χ3n) is 5.43. The highest BCUT2D eigenvalue weighted by atomic mass is 16.6. The van der Waals surface area contributed by atoms with Crippen LogP contribution in [-0.4, -0.2) is 43.2 Å². The van der Waals surface area contributed by atoms with Crippen LogP contribution in [0.4, 0.5) is 0 Å². The summed E-state index contributed by atoms with van der Waals surface area (Å²) < 4.78 is 15.3. The molecule has 7 nitrogen and oxygen atoms in total. The number of aliphatic hydroxyl groups is 1. The van der Waals surface area contributed by atoms with Gasteiger partial charge < -0.3 is 29.7 Å². The minimum absolute atomic E-state index is 0.0105. The number of aromatic hydroxyl groups is 1. The van der Waals surface area contributed by atoms with Crippen LogP contribution in [0.1, 0.15) is 23.6 Å². The van der Waals surface area contributed by atoms with Gasteiger partial charge in [-0.2, -0.15) is 0 Å². The largest absolute Gasteiger partial charge is 0.504 e. The lowest BCUT2D eigenvalue weighted by molar-refractivity contribution is -0.700. The number of phenolic OH excluding ortho intramolecular Hbond substituents is 1. The van der Waals surface area contributed by atoms with Crippen molar-refractivity contribution in [2.24, 2.45) is 11.8 Å². The van der Waals surface area contributed by atoms with Crippen molar-refractivity contribution in [3.8, 4) is 11.5 Å². The molecule has 4 N–H and O–H groups in total. The number of esters is 1. The van der Waals surface area contributed by atoms with E-state index in [1.54, 1.807) is 12.1 Å². The summed E-state index contributed by atoms with van der Waals surface area (Å²) in [6.07, 6.45) is 3.27. The van der Waals surface area contributed by atoms with Gasteiger partial charge in [-0.3, -0.25) is 0 Å². The van der Waals surface area contributed by atoms with Gasteiger partial charge in [0, 0.05) is 30.2 Å². The molecule has 4 atom stereocenters. The Labute approximate surface area is 158 Å². The van der Waals surface area contributed by atoms with Gasteiger partial charge >= 0.3 is 5.97 Å². The summed E-state index contributed by atoms with van der Waals surface area (Å²) in [7, 11) is 2.85. The number of carbonyl (C=O) groups is 1. The molecule has 0 saturated carbocycles. The molecule has 0 radical (unpaired) electrons. The molecule has 1 aromatic rings. The Morgan fingerprint density at radius 2 is 2.22 bits per heavy atom. The number of hydrogen-bond donors (Lipinski definition) is 3. The minimum atomic E-state index is -1.06. The summed E-state index contributed by atoms with van der Waals surface area (Å²) in [5.74, 6) is -0.681. The second-order valence-corrected chi connectivity index (χ2v) is 6.85. The predicted octanol–water partition coefficient (Wildman–Crippen LogP) is 0.775. The number of fused-ring (bicyclic) bond motifs is 1. The van der Waals surface area contributed by atoms with Crippen molar-refractivity contribution in [1.82, 2.24) is 0 Å². The zero-order valence-corrected chi connectivity index (χ0v) is 15.6. The SMILES string of the molecule is C=C[C@H]1[C@H](O)OC=C(C(=O)OC)[C@H]1C[C@H]1[NH2+]CCc2cc(OC)c(O)cc21. The number of rotatable bonds is 5. The molecule has 0 unspecified atom stereocenters. The number of aliphatic hydroxyl groups excluding tert-OH is 1. The fourth-order valence-corrected chi connectivity index (χ4v) is 4.02. The number of phenols is 1. The molecular weight excluding hydrogens is 350 g/mol. The minimum Gasteiger partial charge on any atom is -0.504 e. The molecule has 2 heterocycles. The standard InChI is InChI=1S/C20H25NO6/c1-4-12-14(15(19(23)26-3)10-27-20(12)24)8-16-13-9-17(22)18(25-2)7-11(13)5-6-21-16/h4,7,9-10,12,14,16,20-22,24H,1,5-6,8H2,2-3H3/p+1/t12-,14+,16-,20-/m1/s1. The van der Waals surface area contributed by atoms with Gasteiger partial charge in [0.15, 0.2) is 11.5 Å². The molecule has 0 amide bonds. The summed E-state index contributed by atoms with van der Waals surface area (Å²) in [4.78, 5) is 12.2. The maximum atomic E-state index is 12.2. The van der Waals surface area contributed by atoms with E-state index in [1.807, 2.05) is 6.07 Å². The van der Waals surface area contributed by atoms with E-state index in [4.69, 9.17) is 14.2 Å². The molecule has 146 valence electrons. The average molecular weight is 376 g/mol. The van der Waals surface area contributed by atoms with E-state index < -0.39 is 18.2 Å². The van der Waals surface area contributed by atoms with Crippen molar-refractivity contribution in [2.75, 3.05) is 20.8 Å². The Kier molecular flexibility index (Phi) is 5.72. The molecule has 0 aromatic heterocycles. The first kappa shape index (κ1) is 19.3. The van der Waals surface area contributed by atoms with Crippen molar-refractivity contribution in [3.63, 3.8) is 0 Å². The maximum absolute atomic E-state index is 12.2. The fraction of sp³-hybridized carbons (Fsp3) is 0.450. The van der Waals surface area contributed by atoms with Gasteiger partial charge in [-0.05, 0) is 17.7 Å². The molecule has 27 heavy (non-hydrogen) atoms. The number of nitrogens with two attached hydrogens (primary N) is 1. The Balaban J connectivity index is 1.94. The van der Waals surface area contributed by atoms with Gasteiger partial charge in [-0.25, -0.2) is 4.79 Å². The molecule has 2 aliphatic heterocycles. The lowest BCUT2D eigenvalue weighted by Crippen LogP contribution is -2.87. The molecular formula is C20H26NO6+. The Morgan fingerprint density at radius 1 is 1.44 bits per heavy atom. The van der Waals surface area contributed by atoms with Crippen LogP contribution in [-0.2, 0) is 20.7 Å². The van der Waals surface area contributed by atoms with Crippen molar-refractivity contribution in [1.29, 1.82) is 0 Å². The summed E-state index contributed by atoms with van der Waals surface area (Å²) >= 11 is 0. The lowest BCUT2D eigenvalue weighted by atomic mass is 9.77. The van der Waals surface area contributed by atoms with Gasteiger partial charge in [-0.1, -0.05) is 6.08 Å². The molecule has 7 heteroatoms. The number of ether oxygens (including phenoxy) is 3. The van der Waals surface area contributed by atoms with Crippen molar-refractivity contribution >= 4 is 5.97 Å². The molecule has 0 fully saturated rings. The van der Waals surface area contributed by atoms with Crippen molar-refractivity contribution < 1.29 is 34.5 Å². The van der Waals surface area contributed by atoms with E-state index in [9.17, 15) is 15.0 Å². The van der Waals surface area contributed by atoms with Crippen LogP contribution in [0.25, 0.3) is 0 Å². The zero-order valence-electron chi connectivity index (χ0n) is 15.6. The first-order chi connectivity index (χ1) is 13.0. The number of quaternary nitrogens is 1. The number of benzene rings is 1. The van der Waals surface area contributed by atoms with E-state index in [1.165, 1.54) is 20.5 Å². The van der Waals surface area contributed by atoms with Crippen LogP contribution in [0, 0.1) is 11.8 Å². The Hall–Kier alpha value is -2.51. The van der Waals surface area contributed by atoms with E-state index in [0.717, 1.165) is 24.1 Å². The molecule has 0 aliphatic carbocycles. The molecule has 2 aliphatic rings. The first-order valence-corrected chi connectivity index (χ1v) is 8.97. The molecule has 0 spiro atoms. The van der Waals surface area contributed by atoms with Gasteiger partial charge in [0.05, 0.1) is 32.6 Å². The molecule has 0 bridgehead atoms. The highest BCUT2D eigenvalue weighted by Gasteiger charge is 2.40. The van der Waals surface area contributed by atoms with Gasteiger partial charge in [0.25, 0.3) is 0 Å². The number of hydrogen-bond acceptors (Lipinski definition) is 6. The second kappa shape index (κ2) is 8.02. The fourth-order valence-electron chi connectivity index (χ4n) is 4.02. The van der Waals surface area contributed by atoms with Crippen LogP contribution in [0.5, 0.6) is 11.5 Å². The third-order valence-corrected chi connectivity index (χ3v) is 5.43. The van der Waals surface area contributed by atoms with Crippen molar-refractivity contribution in [3.05, 3.63) is 47.7 Å². The summed E-state index contributed by atoms with van der Waals surface area (Å²) in [6, 6.07) is 3.61. The maximum Gasteiger partial charge on any atom is 0.337 e. The highest BCUT2D eigenvalue weighted by molar-refractivity contribution is 5.89. The molecule has 0 saturated heterocycles. The van der Waals surface area contributed by atoms with Crippen LogP contribution < -0.4 is 10.1 Å². The van der Waals surface area contributed by atoms with Gasteiger partial charge in [0.1, 0.15) is 6.04 Å². The molecule has 3 rings (SSSR count). The van der Waals surface area contributed by atoms with Gasteiger partial charge in [-0.15, -0.1) is 6.58 Å². The first-order valence-electron chi connectivity index (χ1n) is 8.97. The topological polar surface area (TPSA) is 102 Å². The smallest absolute Gasteiger partial charge is 0.337 e. The second-order valence-electron chi connectivity index (χ2n) is 6.85. The van der Waals surface area contributed by atoms with Crippen LogP contribution >= 0.6 is 0 Å². The highest BCUT2D eigenvalue weighted by Crippen LogP contribution is 2.40. The van der Waals surface area contributed by atoms with E-state index >= 15 is 0 Å². The molecule has 1 aromatic carbocycles. The van der Waals surface area contributed by atoms with Crippen LogP contribution in [0.2, 0.25) is 0 Å². The van der Waals surface area contributed by atoms with E-state index in [2.05, 4.69) is 11.9 Å². The summed E-state index contributed by atoms with van der Waals surface area (Å²) in [5.41, 5.74) is 2.50. The van der Waals surface area contributed by atoms with Crippen molar-refractivity contribution in [2.45, 2.75) is 25.2 Å². The Bertz CT molecular complexity index is 759. The van der Waals surface area contributed by atoms with Crippen LogP contribution in [0.15, 0.2) is 36.6 Å². The summed E-state index contributed by atoms with van der Waals surface area (Å²) in [5, 5.41) is 22.6. The van der Waals surface area contributed by atoms with Crippen LogP contribution in [0.3, 0.4) is 0 Å². The quantitative estimate of drug-likeness (QED) is 0.518. The monoisotopic (exact) mass is 376 g/mol. The predicted molar refractivity (Wildman–Crippen MR) is 96.9 cm³/mol. The average Bonchev–Trinajstić information content (AvgIpc) is 2.67. The zero-order chi connectivity index (χ0) is 19.6. The number of carbonyl (C=O) groups excluding carboxylic acids is 1. The van der Waals surface area contributed by atoms with E-state index in [0.29, 0.717) is 17.7 Å².